The van der Waals surface area contributed by atoms with Gasteiger partial charge in [-0.3, -0.25) is 4.79 Å². The number of alkyl carbamates (subject to hydrolysis) is 1. The molecule has 4 rings (SSSR count). The number of esters is 1. The first-order valence-electron chi connectivity index (χ1n) is 12.4. The third-order valence-corrected chi connectivity index (χ3v) is 6.36. The average Bonchev–Trinajstić information content (AvgIpc) is 3.27. The van der Waals surface area contributed by atoms with E-state index in [9.17, 15) is 19.5 Å². The second-order valence-corrected chi connectivity index (χ2v) is 8.87. The lowest BCUT2D eigenvalue weighted by Crippen LogP contribution is -2.54. The van der Waals surface area contributed by atoms with Crippen LogP contribution < -0.4 is 10.6 Å². The van der Waals surface area contributed by atoms with Gasteiger partial charge < -0.3 is 25.2 Å². The monoisotopic (exact) mass is 514 g/mol. The molecule has 3 aromatic carbocycles. The van der Waals surface area contributed by atoms with Crippen LogP contribution in [0, 0.1) is 0 Å². The number of benzene rings is 3. The SMILES string of the molecule is C=CCOC(=O)[C@H](Cc1ccccc1)NC(=O)[C@H](CO)NC(=O)OCC1c2ccccc2-c2ccccc21. The van der Waals surface area contributed by atoms with Gasteiger partial charge in [0.25, 0.3) is 0 Å². The number of rotatable bonds is 11. The molecule has 0 heterocycles. The Labute approximate surface area is 221 Å². The standard InChI is InChI=1S/C30H30N2O6/c1-2-16-37-29(35)26(17-20-10-4-3-5-11-20)31-28(34)27(18-33)32-30(36)38-19-25-23-14-8-6-12-21(23)22-13-7-9-15-24(22)25/h2-15,25-27,33H,1,16-19H2,(H,31,34)(H,32,36)/t26-,27-/m0/s1. The molecule has 0 aliphatic heterocycles. The van der Waals surface area contributed by atoms with Crippen LogP contribution >= 0.6 is 0 Å². The van der Waals surface area contributed by atoms with E-state index in [0.717, 1.165) is 27.8 Å². The number of carbonyl (C=O) groups is 3. The highest BCUT2D eigenvalue weighted by Crippen LogP contribution is 2.44. The van der Waals surface area contributed by atoms with Gasteiger partial charge in [0.1, 0.15) is 25.3 Å². The van der Waals surface area contributed by atoms with Crippen molar-refractivity contribution in [2.45, 2.75) is 24.4 Å². The van der Waals surface area contributed by atoms with E-state index in [4.69, 9.17) is 9.47 Å². The van der Waals surface area contributed by atoms with Crippen molar-refractivity contribution in [2.75, 3.05) is 19.8 Å². The van der Waals surface area contributed by atoms with Crippen LogP contribution in [0.25, 0.3) is 11.1 Å². The van der Waals surface area contributed by atoms with Crippen LogP contribution in [0.5, 0.6) is 0 Å². The number of amides is 2. The predicted molar refractivity (Wildman–Crippen MR) is 142 cm³/mol. The Hall–Kier alpha value is -4.43. The summed E-state index contributed by atoms with van der Waals surface area (Å²) in [6.45, 7) is 2.89. The highest BCUT2D eigenvalue weighted by atomic mass is 16.5. The smallest absolute Gasteiger partial charge is 0.407 e. The predicted octanol–water partition coefficient (Wildman–Crippen LogP) is 3.34. The summed E-state index contributed by atoms with van der Waals surface area (Å²) in [6.07, 6.45) is 0.745. The molecular formula is C30H30N2O6. The van der Waals surface area contributed by atoms with Gasteiger partial charge in [0.05, 0.1) is 6.61 Å². The Bertz CT molecular complexity index is 1250. The molecule has 3 N–H and O–H groups in total. The number of hydrogen-bond acceptors (Lipinski definition) is 6. The summed E-state index contributed by atoms with van der Waals surface area (Å²) in [5.41, 5.74) is 5.10. The van der Waals surface area contributed by atoms with Gasteiger partial charge in [-0.05, 0) is 27.8 Å². The molecule has 0 spiro atoms. The number of fused-ring (bicyclic) bond motifs is 3. The summed E-state index contributed by atoms with van der Waals surface area (Å²) in [6, 6.07) is 22.7. The number of nitrogens with one attached hydrogen (secondary N) is 2. The molecule has 196 valence electrons. The van der Waals surface area contributed by atoms with E-state index < -0.39 is 36.7 Å². The van der Waals surface area contributed by atoms with Crippen molar-refractivity contribution in [1.82, 2.24) is 10.6 Å². The van der Waals surface area contributed by atoms with Crippen molar-refractivity contribution >= 4 is 18.0 Å². The molecule has 1 aliphatic carbocycles. The van der Waals surface area contributed by atoms with Gasteiger partial charge in [-0.2, -0.15) is 0 Å². The Kier molecular flexibility index (Phi) is 8.89. The molecule has 2 atom stereocenters. The van der Waals surface area contributed by atoms with Crippen LogP contribution in [0.15, 0.2) is 91.5 Å². The Morgan fingerprint density at radius 3 is 2.05 bits per heavy atom. The molecule has 1 aliphatic rings. The van der Waals surface area contributed by atoms with Gasteiger partial charge in [-0.1, -0.05) is 91.5 Å². The summed E-state index contributed by atoms with van der Waals surface area (Å²) in [5.74, 6) is -1.54. The Morgan fingerprint density at radius 2 is 1.45 bits per heavy atom. The number of ether oxygens (including phenoxy) is 2. The zero-order valence-electron chi connectivity index (χ0n) is 20.8. The largest absolute Gasteiger partial charge is 0.460 e. The molecule has 0 saturated carbocycles. The fraction of sp³-hybridized carbons (Fsp3) is 0.233. The first-order chi connectivity index (χ1) is 18.5. The van der Waals surface area contributed by atoms with Gasteiger partial charge in [0.2, 0.25) is 5.91 Å². The van der Waals surface area contributed by atoms with Crippen molar-refractivity contribution in [3.05, 3.63) is 108 Å². The minimum Gasteiger partial charge on any atom is -0.460 e. The summed E-state index contributed by atoms with van der Waals surface area (Å²) < 4.78 is 10.6. The van der Waals surface area contributed by atoms with E-state index >= 15 is 0 Å². The van der Waals surface area contributed by atoms with Crippen molar-refractivity contribution < 1.29 is 29.0 Å². The second-order valence-electron chi connectivity index (χ2n) is 8.87. The molecule has 0 unspecified atom stereocenters. The minimum absolute atomic E-state index is 0.0125. The van der Waals surface area contributed by atoms with Crippen molar-refractivity contribution in [2.24, 2.45) is 0 Å². The quantitative estimate of drug-likeness (QED) is 0.267. The molecule has 8 nitrogen and oxygen atoms in total. The van der Waals surface area contributed by atoms with Crippen molar-refractivity contribution in [3.8, 4) is 11.1 Å². The van der Waals surface area contributed by atoms with Gasteiger partial charge >= 0.3 is 12.1 Å². The molecule has 2 amide bonds. The van der Waals surface area contributed by atoms with Crippen LogP contribution in [0.1, 0.15) is 22.6 Å². The number of aliphatic hydroxyl groups excluding tert-OH is 1. The van der Waals surface area contributed by atoms with Crippen LogP contribution in [-0.4, -0.2) is 55.0 Å². The van der Waals surface area contributed by atoms with Gasteiger partial charge in [0, 0.05) is 12.3 Å². The van der Waals surface area contributed by atoms with E-state index in [-0.39, 0.29) is 25.6 Å². The zero-order chi connectivity index (χ0) is 26.9. The fourth-order valence-corrected chi connectivity index (χ4v) is 4.53. The number of aliphatic hydroxyl groups is 1. The van der Waals surface area contributed by atoms with Crippen LogP contribution in [-0.2, 0) is 25.5 Å². The summed E-state index contributed by atoms with van der Waals surface area (Å²) in [4.78, 5) is 38.1. The maximum atomic E-state index is 12.9. The fourth-order valence-electron chi connectivity index (χ4n) is 4.53. The molecule has 0 aromatic heterocycles. The Morgan fingerprint density at radius 1 is 0.842 bits per heavy atom. The van der Waals surface area contributed by atoms with E-state index in [1.165, 1.54) is 6.08 Å². The molecule has 0 saturated heterocycles. The van der Waals surface area contributed by atoms with Gasteiger partial charge in [-0.25, -0.2) is 9.59 Å². The van der Waals surface area contributed by atoms with Crippen molar-refractivity contribution in [1.29, 1.82) is 0 Å². The van der Waals surface area contributed by atoms with E-state index in [1.807, 2.05) is 78.9 Å². The van der Waals surface area contributed by atoms with Gasteiger partial charge in [-0.15, -0.1) is 0 Å². The summed E-state index contributed by atoms with van der Waals surface area (Å²) >= 11 is 0. The second kappa shape index (κ2) is 12.7. The van der Waals surface area contributed by atoms with Crippen molar-refractivity contribution in [3.63, 3.8) is 0 Å². The first kappa shape index (κ1) is 26.6. The lowest BCUT2D eigenvalue weighted by Gasteiger charge is -2.22. The summed E-state index contributed by atoms with van der Waals surface area (Å²) in [7, 11) is 0. The molecule has 0 bridgehead atoms. The number of carbonyl (C=O) groups excluding carboxylic acids is 3. The zero-order valence-corrected chi connectivity index (χ0v) is 20.8. The highest BCUT2D eigenvalue weighted by Gasteiger charge is 2.31. The lowest BCUT2D eigenvalue weighted by molar-refractivity contribution is -0.147. The van der Waals surface area contributed by atoms with E-state index in [0.29, 0.717) is 0 Å². The molecule has 0 fully saturated rings. The third-order valence-electron chi connectivity index (χ3n) is 6.36. The maximum Gasteiger partial charge on any atom is 0.407 e. The first-order valence-corrected chi connectivity index (χ1v) is 12.4. The van der Waals surface area contributed by atoms with Gasteiger partial charge in [0.15, 0.2) is 0 Å². The Balaban J connectivity index is 1.38. The molecular weight excluding hydrogens is 484 g/mol. The normalized spacial score (nSPS) is 13.4. The third kappa shape index (κ3) is 6.27. The minimum atomic E-state index is -1.32. The average molecular weight is 515 g/mol. The van der Waals surface area contributed by atoms with E-state index in [1.54, 1.807) is 0 Å². The molecule has 0 radical (unpaired) electrons. The topological polar surface area (TPSA) is 114 Å². The van der Waals surface area contributed by atoms with E-state index in [2.05, 4.69) is 17.2 Å². The van der Waals surface area contributed by atoms with Crippen LogP contribution in [0.3, 0.4) is 0 Å². The summed E-state index contributed by atoms with van der Waals surface area (Å²) in [5, 5.41) is 14.8. The van der Waals surface area contributed by atoms with Crippen LogP contribution in [0.4, 0.5) is 4.79 Å². The molecule has 3 aromatic rings. The maximum absolute atomic E-state index is 12.9. The lowest BCUT2D eigenvalue weighted by atomic mass is 9.98. The molecule has 8 heteroatoms. The number of hydrogen-bond donors (Lipinski definition) is 3. The van der Waals surface area contributed by atoms with Crippen LogP contribution in [0.2, 0.25) is 0 Å². The molecule has 38 heavy (non-hydrogen) atoms. The highest BCUT2D eigenvalue weighted by molar-refractivity contribution is 5.90.